The highest BCUT2D eigenvalue weighted by atomic mass is 79.9. The highest BCUT2D eigenvalue weighted by Gasteiger charge is 2.27. The summed E-state index contributed by atoms with van der Waals surface area (Å²) in [5, 5.41) is 0. The molecule has 0 unspecified atom stereocenters. The first kappa shape index (κ1) is 13.5. The molecule has 1 aromatic rings. The van der Waals surface area contributed by atoms with Crippen molar-refractivity contribution in [1.29, 1.82) is 0 Å². The molecule has 0 radical (unpaired) electrons. The predicted molar refractivity (Wildman–Crippen MR) is 70.0 cm³/mol. The van der Waals surface area contributed by atoms with E-state index in [1.54, 1.807) is 11.0 Å². The zero-order chi connectivity index (χ0) is 13.3. The summed E-state index contributed by atoms with van der Waals surface area (Å²) in [6.45, 7) is 4.82. The molecule has 1 aromatic carbocycles. The SMILES string of the molecule is C[C@@H]1CN(C(=O)c2ccc(Br)cc2F)C[C@H](C)O1. The Morgan fingerprint density at radius 1 is 1.39 bits per heavy atom. The van der Waals surface area contributed by atoms with Crippen molar-refractivity contribution >= 4 is 21.8 Å². The summed E-state index contributed by atoms with van der Waals surface area (Å²) in [6.07, 6.45) is -0.0348. The molecular formula is C13H15BrFNO2. The molecule has 0 bridgehead atoms. The average Bonchev–Trinajstić information content (AvgIpc) is 2.26. The van der Waals surface area contributed by atoms with Crippen molar-refractivity contribution in [2.24, 2.45) is 0 Å². The van der Waals surface area contributed by atoms with Crippen molar-refractivity contribution in [2.45, 2.75) is 26.1 Å². The van der Waals surface area contributed by atoms with Crippen LogP contribution in [0.4, 0.5) is 4.39 Å². The molecule has 0 aliphatic carbocycles. The van der Waals surface area contributed by atoms with Crippen LogP contribution in [0.5, 0.6) is 0 Å². The lowest BCUT2D eigenvalue weighted by molar-refractivity contribution is -0.0587. The van der Waals surface area contributed by atoms with E-state index < -0.39 is 5.82 Å². The summed E-state index contributed by atoms with van der Waals surface area (Å²) in [5.74, 6) is -0.775. The minimum absolute atomic E-state index is 0.0174. The van der Waals surface area contributed by atoms with Crippen molar-refractivity contribution in [3.8, 4) is 0 Å². The van der Waals surface area contributed by atoms with E-state index in [9.17, 15) is 9.18 Å². The van der Waals surface area contributed by atoms with Gasteiger partial charge >= 0.3 is 0 Å². The van der Waals surface area contributed by atoms with Gasteiger partial charge in [0.1, 0.15) is 5.82 Å². The van der Waals surface area contributed by atoms with E-state index in [0.717, 1.165) is 0 Å². The third kappa shape index (κ3) is 2.90. The van der Waals surface area contributed by atoms with Gasteiger partial charge in [-0.1, -0.05) is 15.9 Å². The summed E-state index contributed by atoms with van der Waals surface area (Å²) in [4.78, 5) is 13.9. The first-order chi connectivity index (χ1) is 8.47. The summed E-state index contributed by atoms with van der Waals surface area (Å²) in [6, 6.07) is 4.48. The Balaban J connectivity index is 2.20. The lowest BCUT2D eigenvalue weighted by Gasteiger charge is -2.35. The molecule has 1 amide bonds. The molecule has 98 valence electrons. The lowest BCUT2D eigenvalue weighted by Crippen LogP contribution is -2.48. The van der Waals surface area contributed by atoms with E-state index in [0.29, 0.717) is 17.6 Å². The maximum absolute atomic E-state index is 13.7. The van der Waals surface area contributed by atoms with Crippen LogP contribution in [0.15, 0.2) is 22.7 Å². The van der Waals surface area contributed by atoms with Crippen molar-refractivity contribution in [1.82, 2.24) is 4.90 Å². The molecule has 3 nitrogen and oxygen atoms in total. The number of amides is 1. The smallest absolute Gasteiger partial charge is 0.257 e. The first-order valence-electron chi connectivity index (χ1n) is 5.87. The van der Waals surface area contributed by atoms with E-state index in [1.807, 2.05) is 13.8 Å². The van der Waals surface area contributed by atoms with E-state index >= 15 is 0 Å². The first-order valence-corrected chi connectivity index (χ1v) is 6.66. The summed E-state index contributed by atoms with van der Waals surface area (Å²) < 4.78 is 19.9. The van der Waals surface area contributed by atoms with Gasteiger partial charge in [0.15, 0.2) is 0 Å². The largest absolute Gasteiger partial charge is 0.372 e. The van der Waals surface area contributed by atoms with Crippen molar-refractivity contribution in [2.75, 3.05) is 13.1 Å². The molecule has 2 rings (SSSR count). The fraction of sp³-hybridized carbons (Fsp3) is 0.462. The second kappa shape index (κ2) is 5.36. The fourth-order valence-corrected chi connectivity index (χ4v) is 2.51. The zero-order valence-electron chi connectivity index (χ0n) is 10.3. The Labute approximate surface area is 114 Å². The van der Waals surface area contributed by atoms with Crippen molar-refractivity contribution in [3.05, 3.63) is 34.1 Å². The van der Waals surface area contributed by atoms with Gasteiger partial charge < -0.3 is 9.64 Å². The predicted octanol–water partition coefficient (Wildman–Crippen LogP) is 2.84. The van der Waals surface area contributed by atoms with Gasteiger partial charge in [-0.2, -0.15) is 0 Å². The van der Waals surface area contributed by atoms with Crippen LogP contribution in [-0.4, -0.2) is 36.1 Å². The number of nitrogens with zero attached hydrogens (tertiary/aromatic N) is 1. The Kier molecular flexibility index (Phi) is 4.02. The molecule has 0 saturated carbocycles. The second-order valence-electron chi connectivity index (χ2n) is 4.59. The summed E-state index contributed by atoms with van der Waals surface area (Å²) >= 11 is 3.18. The minimum atomic E-state index is -0.499. The van der Waals surface area contributed by atoms with Crippen LogP contribution in [0.3, 0.4) is 0 Å². The molecule has 1 aliphatic rings. The summed E-state index contributed by atoms with van der Waals surface area (Å²) in [5.41, 5.74) is 0.111. The Hall–Kier alpha value is -0.940. The minimum Gasteiger partial charge on any atom is -0.372 e. The molecular weight excluding hydrogens is 301 g/mol. The quantitative estimate of drug-likeness (QED) is 0.797. The number of ether oxygens (including phenoxy) is 1. The Morgan fingerprint density at radius 3 is 2.56 bits per heavy atom. The molecule has 0 N–H and O–H groups in total. The number of hydrogen-bond donors (Lipinski definition) is 0. The average molecular weight is 316 g/mol. The highest BCUT2D eigenvalue weighted by Crippen LogP contribution is 2.19. The van der Waals surface area contributed by atoms with Crippen LogP contribution in [0.2, 0.25) is 0 Å². The Morgan fingerprint density at radius 2 is 2.00 bits per heavy atom. The normalized spacial score (nSPS) is 24.1. The number of benzene rings is 1. The second-order valence-corrected chi connectivity index (χ2v) is 5.51. The van der Waals surface area contributed by atoms with Crippen LogP contribution < -0.4 is 0 Å². The monoisotopic (exact) mass is 315 g/mol. The van der Waals surface area contributed by atoms with Gasteiger partial charge in [0.25, 0.3) is 5.91 Å². The standard InChI is InChI=1S/C13H15BrFNO2/c1-8-6-16(7-9(2)18-8)13(17)11-4-3-10(14)5-12(11)15/h3-5,8-9H,6-7H2,1-2H3/t8-,9+. The van der Waals surface area contributed by atoms with Gasteiger partial charge in [-0.3, -0.25) is 4.79 Å². The molecule has 2 atom stereocenters. The number of rotatable bonds is 1. The van der Waals surface area contributed by atoms with Gasteiger partial charge in [0, 0.05) is 17.6 Å². The number of halogens is 2. The van der Waals surface area contributed by atoms with Crippen LogP contribution in [0, 0.1) is 5.82 Å². The third-order valence-electron chi connectivity index (χ3n) is 2.87. The van der Waals surface area contributed by atoms with Crippen LogP contribution in [0.25, 0.3) is 0 Å². The van der Waals surface area contributed by atoms with Crippen LogP contribution in [-0.2, 0) is 4.74 Å². The fourth-order valence-electron chi connectivity index (χ4n) is 2.18. The van der Waals surface area contributed by atoms with E-state index in [-0.39, 0.29) is 23.7 Å². The Bertz CT molecular complexity index is 456. The topological polar surface area (TPSA) is 29.5 Å². The van der Waals surface area contributed by atoms with Crippen LogP contribution >= 0.6 is 15.9 Å². The van der Waals surface area contributed by atoms with Gasteiger partial charge in [0.05, 0.1) is 17.8 Å². The maximum atomic E-state index is 13.7. The van der Waals surface area contributed by atoms with Gasteiger partial charge in [-0.25, -0.2) is 4.39 Å². The number of carbonyl (C=O) groups is 1. The lowest BCUT2D eigenvalue weighted by atomic mass is 10.1. The summed E-state index contributed by atoms with van der Waals surface area (Å²) in [7, 11) is 0. The third-order valence-corrected chi connectivity index (χ3v) is 3.36. The molecule has 18 heavy (non-hydrogen) atoms. The molecule has 0 spiro atoms. The molecule has 1 fully saturated rings. The van der Waals surface area contributed by atoms with Crippen LogP contribution in [0.1, 0.15) is 24.2 Å². The van der Waals surface area contributed by atoms with Gasteiger partial charge in [-0.05, 0) is 32.0 Å². The van der Waals surface area contributed by atoms with E-state index in [4.69, 9.17) is 4.74 Å². The van der Waals surface area contributed by atoms with E-state index in [1.165, 1.54) is 12.1 Å². The maximum Gasteiger partial charge on any atom is 0.257 e. The number of hydrogen-bond acceptors (Lipinski definition) is 2. The molecule has 1 heterocycles. The van der Waals surface area contributed by atoms with Gasteiger partial charge in [-0.15, -0.1) is 0 Å². The highest BCUT2D eigenvalue weighted by molar-refractivity contribution is 9.10. The number of carbonyl (C=O) groups excluding carboxylic acids is 1. The molecule has 1 aliphatic heterocycles. The van der Waals surface area contributed by atoms with Gasteiger partial charge in [0.2, 0.25) is 0 Å². The van der Waals surface area contributed by atoms with Crippen molar-refractivity contribution in [3.63, 3.8) is 0 Å². The van der Waals surface area contributed by atoms with Crippen molar-refractivity contribution < 1.29 is 13.9 Å². The molecule has 1 saturated heterocycles. The molecule has 0 aromatic heterocycles. The number of morpholine rings is 1. The van der Waals surface area contributed by atoms with E-state index in [2.05, 4.69) is 15.9 Å². The zero-order valence-corrected chi connectivity index (χ0v) is 11.9. The molecule has 5 heteroatoms.